The molecule has 16 nitrogen and oxygen atoms in total. The van der Waals surface area contributed by atoms with Gasteiger partial charge in [0.15, 0.2) is 10.7 Å². The minimum absolute atomic E-state index is 0.0418. The first kappa shape index (κ1) is 55.1. The molecule has 88 heavy (non-hydrogen) atoms. The van der Waals surface area contributed by atoms with E-state index in [4.69, 9.17) is 28.4 Å². The summed E-state index contributed by atoms with van der Waals surface area (Å²) >= 11 is 1.98. The minimum Gasteiger partial charge on any atom is -0.459 e. The average molecular weight is 1200 g/mol. The maximum Gasteiger partial charge on any atom is 0.367 e. The summed E-state index contributed by atoms with van der Waals surface area (Å²) in [6.45, 7) is -1.09. The summed E-state index contributed by atoms with van der Waals surface area (Å²) in [5.74, 6) is -5.80. The highest BCUT2D eigenvalue weighted by atomic mass is 32.1. The van der Waals surface area contributed by atoms with Crippen molar-refractivity contribution in [2.24, 2.45) is 21.8 Å². The van der Waals surface area contributed by atoms with Gasteiger partial charge in [-0.15, -0.1) is 22.7 Å². The highest BCUT2D eigenvalue weighted by molar-refractivity contribution is 7.17. The summed E-state index contributed by atoms with van der Waals surface area (Å²) in [6.07, 6.45) is 7.05. The Morgan fingerprint density at radius 3 is 0.943 bits per heavy atom. The highest BCUT2D eigenvalue weighted by Crippen LogP contribution is 2.57. The van der Waals surface area contributed by atoms with Crippen molar-refractivity contribution in [3.8, 4) is 0 Å². The summed E-state index contributed by atoms with van der Waals surface area (Å²) in [6, 6.07) is 50.9. The zero-order valence-corrected chi connectivity index (χ0v) is 47.7. The molecule has 0 radical (unpaired) electrons. The van der Waals surface area contributed by atoms with Crippen LogP contribution in [-0.2, 0) is 85.2 Å². The molecule has 4 heterocycles. The van der Waals surface area contributed by atoms with E-state index in [0.717, 1.165) is 22.7 Å². The van der Waals surface area contributed by atoms with Crippen molar-refractivity contribution in [2.45, 2.75) is 37.6 Å². The van der Waals surface area contributed by atoms with Gasteiger partial charge in [0.25, 0.3) is 0 Å². The second kappa shape index (κ2) is 22.2. The van der Waals surface area contributed by atoms with E-state index >= 15 is 19.2 Å². The minimum atomic E-state index is -2.67. The Hall–Kier alpha value is -10.8. The lowest BCUT2D eigenvalue weighted by atomic mass is 9.75. The van der Waals surface area contributed by atoms with Crippen molar-refractivity contribution in [2.75, 3.05) is 0 Å². The van der Waals surface area contributed by atoms with Gasteiger partial charge < -0.3 is 28.4 Å². The lowest BCUT2D eigenvalue weighted by Crippen LogP contribution is -2.51. The number of fused-ring (bicyclic) bond motifs is 9. The van der Waals surface area contributed by atoms with Gasteiger partial charge >= 0.3 is 35.1 Å². The predicted molar refractivity (Wildman–Crippen MR) is 326 cm³/mol. The van der Waals surface area contributed by atoms with Crippen LogP contribution in [0.4, 0.5) is 10.0 Å². The fourth-order valence-corrected chi connectivity index (χ4v) is 13.6. The first-order valence-electron chi connectivity index (χ1n) is 27.8. The van der Waals surface area contributed by atoms with E-state index in [1.165, 1.54) is 36.4 Å². The summed E-state index contributed by atoms with van der Waals surface area (Å²) in [7, 11) is 0. The Morgan fingerprint density at radius 1 is 0.386 bits per heavy atom. The highest BCUT2D eigenvalue weighted by Gasteiger charge is 2.62. The van der Waals surface area contributed by atoms with Crippen molar-refractivity contribution < 1.29 is 47.6 Å². The molecular formula is C70H44N2O14S2. The van der Waals surface area contributed by atoms with E-state index in [-0.39, 0.29) is 101 Å². The third-order valence-electron chi connectivity index (χ3n) is 15.7. The maximum atomic E-state index is 15.3. The molecule has 0 fully saturated rings. The molecule has 14 rings (SSSR count). The van der Waals surface area contributed by atoms with Crippen LogP contribution in [0.3, 0.4) is 0 Å². The van der Waals surface area contributed by atoms with Gasteiger partial charge in [0, 0.05) is 65.4 Å². The van der Waals surface area contributed by atoms with Gasteiger partial charge in [0.1, 0.15) is 47.9 Å². The molecule has 4 aliphatic rings. The van der Waals surface area contributed by atoms with Crippen LogP contribution in [-0.4, -0.2) is 23.9 Å². The zero-order valence-electron chi connectivity index (χ0n) is 46.0. The van der Waals surface area contributed by atoms with E-state index in [2.05, 4.69) is 9.98 Å². The predicted octanol–water partition coefficient (Wildman–Crippen LogP) is 9.69. The molecule has 8 aromatic carbocycles. The Kier molecular flexibility index (Phi) is 13.9. The van der Waals surface area contributed by atoms with Crippen LogP contribution in [0.25, 0.3) is 32.7 Å². The second-order valence-electron chi connectivity index (χ2n) is 21.2. The molecule has 0 saturated carbocycles. The van der Waals surface area contributed by atoms with Crippen molar-refractivity contribution in [1.29, 1.82) is 0 Å². The molecule has 2 aromatic heterocycles. The van der Waals surface area contributed by atoms with Crippen LogP contribution in [0.15, 0.2) is 247 Å². The van der Waals surface area contributed by atoms with Gasteiger partial charge in [-0.1, -0.05) is 182 Å². The number of hydrogen-bond donors (Lipinski definition) is 0. The molecule has 0 saturated heterocycles. The molecule has 0 N–H and O–H groups in total. The summed E-state index contributed by atoms with van der Waals surface area (Å²) < 4.78 is 37.8. The first-order chi connectivity index (χ1) is 42.9. The summed E-state index contributed by atoms with van der Waals surface area (Å²) in [5, 5.41) is 0.103. The number of ether oxygens (including phenoxy) is 6. The van der Waals surface area contributed by atoms with E-state index in [0.29, 0.717) is 33.4 Å². The number of carbonyl (C=O) groups is 4. The van der Waals surface area contributed by atoms with Gasteiger partial charge in [-0.05, 0) is 46.5 Å². The molecule has 2 unspecified atom stereocenters. The molecule has 0 spiro atoms. The fourth-order valence-electron chi connectivity index (χ4n) is 11.4. The number of rotatable bonds is 14. The standard InChI is InChI=1S/C70H44N2O14S2/c73-59-45-25-13-14-26-46(45)60(74)57(59)71-55-33-51-63(87-55)49-29-44-32-54-50(30-43(44)31-53(49)85-69(51,65(77)81-35-39-17-5-1-6-18-39)66(78)82-36-40-19-7-2-8-20-40)64-52(34-56(88-64)72-58-61(75)47-27-15-16-28-48(47)62(58)76)70(86-54,67(79)83-37-41-21-9-3-10-22-41)68(80)84-38-42-23-11-4-12-24-42/h1-34,43-44H,35-38H2. The van der Waals surface area contributed by atoms with Gasteiger partial charge in [-0.3, -0.25) is 19.2 Å². The molecule has 430 valence electrons. The van der Waals surface area contributed by atoms with Crippen molar-refractivity contribution in [3.63, 3.8) is 0 Å². The average Bonchev–Trinajstić information content (AvgIpc) is 1.37. The molecule has 2 aliphatic carbocycles. The van der Waals surface area contributed by atoms with E-state index < -0.39 is 68.6 Å². The third kappa shape index (κ3) is 9.45. The Balaban J connectivity index is 0.943. The van der Waals surface area contributed by atoms with E-state index in [9.17, 15) is 19.2 Å². The normalized spacial score (nSPS) is 16.5. The van der Waals surface area contributed by atoms with Crippen molar-refractivity contribution in [3.05, 3.63) is 313 Å². The smallest absolute Gasteiger partial charge is 0.367 e. The molecule has 0 bridgehead atoms. The SMILES string of the molecule is O=C(OCc1ccccc1)C1(C(=O)OCc2ccccc2)OC2=CC3C=C4C(=CC3C=C2c2sc(N=c3c(=O)c5ccccc5c3=O)cc21)OC(C(=O)OCc1ccccc1)(C(=O)OCc1ccccc1)c1cc(N=c2c(=O)c3ccccc3c2=O)sc14. The number of thiophene rings is 2. The number of hydrogen-bond acceptors (Lipinski definition) is 18. The zero-order chi connectivity index (χ0) is 60.3. The molecule has 2 aliphatic heterocycles. The number of allylic oxidation sites excluding steroid dienone is 6. The van der Waals surface area contributed by atoms with Gasteiger partial charge in [-0.25, -0.2) is 29.2 Å². The summed E-state index contributed by atoms with van der Waals surface area (Å²) in [5.41, 5.74) is -4.69. The molecular weight excluding hydrogens is 1160 g/mol. The van der Waals surface area contributed by atoms with Crippen LogP contribution in [0, 0.1) is 11.8 Å². The Labute approximate surface area is 506 Å². The largest absolute Gasteiger partial charge is 0.459 e. The van der Waals surface area contributed by atoms with Crippen LogP contribution < -0.4 is 32.4 Å². The summed E-state index contributed by atoms with van der Waals surface area (Å²) in [4.78, 5) is 126. The second-order valence-corrected chi connectivity index (χ2v) is 23.2. The monoisotopic (exact) mass is 1200 g/mol. The maximum absolute atomic E-state index is 15.3. The van der Waals surface area contributed by atoms with E-state index in [1.807, 2.05) is 12.2 Å². The molecule has 2 atom stereocenters. The number of benzene rings is 6. The van der Waals surface area contributed by atoms with Crippen LogP contribution in [0.5, 0.6) is 0 Å². The lowest BCUT2D eigenvalue weighted by Gasteiger charge is -2.41. The number of nitrogens with zero attached hydrogens (tertiary/aromatic N) is 2. The third-order valence-corrected chi connectivity index (χ3v) is 17.9. The topological polar surface area (TPSA) is 217 Å². The van der Waals surface area contributed by atoms with Crippen molar-refractivity contribution >= 4 is 89.2 Å². The quantitative estimate of drug-likeness (QED) is 0.0563. The van der Waals surface area contributed by atoms with Crippen molar-refractivity contribution in [1.82, 2.24) is 0 Å². The van der Waals surface area contributed by atoms with Crippen LogP contribution in [0.1, 0.15) is 43.1 Å². The van der Waals surface area contributed by atoms with Gasteiger partial charge in [0.2, 0.25) is 21.7 Å². The van der Waals surface area contributed by atoms with Gasteiger partial charge in [-0.2, -0.15) is 0 Å². The van der Waals surface area contributed by atoms with Crippen LogP contribution in [0.2, 0.25) is 0 Å². The Bertz CT molecular complexity index is 4480. The van der Waals surface area contributed by atoms with Gasteiger partial charge in [0.05, 0.1) is 0 Å². The van der Waals surface area contributed by atoms with E-state index in [1.54, 1.807) is 158 Å². The number of esters is 4. The molecule has 18 heteroatoms. The number of carbonyl (C=O) groups excluding carboxylic acids is 4. The molecule has 0 amide bonds. The lowest BCUT2D eigenvalue weighted by molar-refractivity contribution is -0.191. The Morgan fingerprint density at radius 2 is 0.659 bits per heavy atom. The van der Waals surface area contributed by atoms with Crippen LogP contribution >= 0.6 is 22.7 Å². The fraction of sp³-hybridized carbons (Fsp3) is 0.114. The first-order valence-corrected chi connectivity index (χ1v) is 29.5. The molecule has 10 aromatic rings.